The molecule has 3 rings (SSSR count). The first kappa shape index (κ1) is 17.8. The molecule has 2 N–H and O–H groups in total. The molecule has 3 aromatic carbocycles. The minimum absolute atomic E-state index is 0.0392. The van der Waals surface area contributed by atoms with E-state index in [-0.39, 0.29) is 5.78 Å². The summed E-state index contributed by atoms with van der Waals surface area (Å²) in [5.74, 6) is -0.0392. The van der Waals surface area contributed by atoms with Crippen LogP contribution in [-0.4, -0.2) is 10.9 Å². The van der Waals surface area contributed by atoms with Crippen molar-refractivity contribution in [3.63, 3.8) is 0 Å². The molecule has 3 aromatic rings. The number of benzene rings is 3. The van der Waals surface area contributed by atoms with Crippen LogP contribution in [0.2, 0.25) is 0 Å². The minimum Gasteiger partial charge on any atom is -0.332 e. The van der Waals surface area contributed by atoms with Gasteiger partial charge in [-0.15, -0.1) is 0 Å². The molecule has 0 saturated carbocycles. The molecule has 26 heavy (non-hydrogen) atoms. The molecular weight excluding hydrogens is 340 g/mol. The number of carbonyl (C=O) groups excluding carboxylic acids is 1. The number of hydrogen-bond donors (Lipinski definition) is 2. The summed E-state index contributed by atoms with van der Waals surface area (Å²) in [6.45, 7) is 4.13. The normalized spacial score (nSPS) is 10.2. The molecule has 4 heteroatoms. The summed E-state index contributed by atoms with van der Waals surface area (Å²) < 4.78 is 0. The predicted octanol–water partition coefficient (Wildman–Crippen LogP) is 5.34. The zero-order valence-electron chi connectivity index (χ0n) is 14.7. The Kier molecular flexibility index (Phi) is 5.44. The van der Waals surface area contributed by atoms with E-state index < -0.39 is 0 Å². The van der Waals surface area contributed by atoms with Gasteiger partial charge in [-0.1, -0.05) is 48.5 Å². The first-order valence-electron chi connectivity index (χ1n) is 8.38. The summed E-state index contributed by atoms with van der Waals surface area (Å²) >= 11 is 5.42. The maximum atomic E-state index is 12.8. The Bertz CT molecular complexity index is 951. The molecule has 0 aliphatic rings. The molecule has 3 nitrogen and oxygen atoms in total. The number of hydrogen-bond acceptors (Lipinski definition) is 2. The van der Waals surface area contributed by atoms with Crippen LogP contribution in [0.25, 0.3) is 0 Å². The zero-order valence-corrected chi connectivity index (χ0v) is 15.6. The quantitative estimate of drug-likeness (QED) is 0.486. The van der Waals surface area contributed by atoms with Crippen molar-refractivity contribution in [3.05, 3.63) is 95.1 Å². The molecule has 130 valence electrons. The van der Waals surface area contributed by atoms with Crippen LogP contribution in [0.4, 0.5) is 11.4 Å². The van der Waals surface area contributed by atoms with E-state index in [0.29, 0.717) is 21.9 Å². The number of anilines is 2. The molecule has 0 aromatic heterocycles. The summed E-state index contributed by atoms with van der Waals surface area (Å²) in [5.41, 5.74) is 5.25. The number of carbonyl (C=O) groups is 1. The van der Waals surface area contributed by atoms with Crippen LogP contribution in [0.1, 0.15) is 27.0 Å². The summed E-state index contributed by atoms with van der Waals surface area (Å²) in [6, 6.07) is 22.7. The van der Waals surface area contributed by atoms with Crippen LogP contribution < -0.4 is 10.6 Å². The van der Waals surface area contributed by atoms with Crippen LogP contribution in [-0.2, 0) is 0 Å². The van der Waals surface area contributed by atoms with E-state index >= 15 is 0 Å². The van der Waals surface area contributed by atoms with Gasteiger partial charge < -0.3 is 10.6 Å². The van der Waals surface area contributed by atoms with Crippen molar-refractivity contribution in [2.75, 3.05) is 10.6 Å². The van der Waals surface area contributed by atoms with Gasteiger partial charge in [-0.05, 0) is 61.5 Å². The second kappa shape index (κ2) is 7.93. The van der Waals surface area contributed by atoms with Crippen molar-refractivity contribution in [3.8, 4) is 0 Å². The third-order valence-corrected chi connectivity index (χ3v) is 4.42. The van der Waals surface area contributed by atoms with Gasteiger partial charge >= 0.3 is 0 Å². The number of nitrogens with one attached hydrogen (secondary N) is 2. The average Bonchev–Trinajstić information content (AvgIpc) is 2.65. The smallest absolute Gasteiger partial charge is 0.195 e. The highest BCUT2D eigenvalue weighted by Gasteiger charge is 2.13. The number of rotatable bonds is 4. The largest absolute Gasteiger partial charge is 0.332 e. The topological polar surface area (TPSA) is 41.1 Å². The van der Waals surface area contributed by atoms with Crippen molar-refractivity contribution in [1.82, 2.24) is 0 Å². The Balaban J connectivity index is 1.78. The number of thiocarbonyl (C=S) groups is 1. The molecule has 0 unspecified atom stereocenters. The van der Waals surface area contributed by atoms with Gasteiger partial charge in [0.25, 0.3) is 0 Å². The van der Waals surface area contributed by atoms with E-state index in [0.717, 1.165) is 5.69 Å². The van der Waals surface area contributed by atoms with E-state index in [1.54, 1.807) is 6.07 Å². The monoisotopic (exact) mass is 360 g/mol. The van der Waals surface area contributed by atoms with Gasteiger partial charge in [0.15, 0.2) is 10.9 Å². The van der Waals surface area contributed by atoms with E-state index in [1.165, 1.54) is 11.1 Å². The van der Waals surface area contributed by atoms with Gasteiger partial charge in [0, 0.05) is 16.8 Å². The zero-order chi connectivity index (χ0) is 18.5. The Morgan fingerprint density at radius 2 is 1.50 bits per heavy atom. The van der Waals surface area contributed by atoms with E-state index in [2.05, 4.69) is 24.5 Å². The lowest BCUT2D eigenvalue weighted by atomic mass is 10.0. The number of ketones is 1. The van der Waals surface area contributed by atoms with Gasteiger partial charge in [-0.2, -0.15) is 0 Å². The Morgan fingerprint density at radius 1 is 0.808 bits per heavy atom. The molecule has 0 spiro atoms. The number of aryl methyl sites for hydroxylation is 2. The Hall–Kier alpha value is -2.98. The van der Waals surface area contributed by atoms with Gasteiger partial charge in [-0.25, -0.2) is 0 Å². The van der Waals surface area contributed by atoms with E-state index in [1.807, 2.05) is 66.7 Å². The molecule has 0 bridgehead atoms. The average molecular weight is 360 g/mol. The lowest BCUT2D eigenvalue weighted by Gasteiger charge is -2.14. The van der Waals surface area contributed by atoms with Gasteiger partial charge in [-0.3, -0.25) is 4.79 Å². The fraction of sp³-hybridized carbons (Fsp3) is 0.0909. The van der Waals surface area contributed by atoms with Crippen LogP contribution in [0.5, 0.6) is 0 Å². The SMILES string of the molecule is Cc1ccc(NC(=S)Nc2ccccc2C(=O)c2ccccc2)cc1C. The molecule has 0 aliphatic carbocycles. The van der Waals surface area contributed by atoms with Crippen molar-refractivity contribution in [2.45, 2.75) is 13.8 Å². The second-order valence-corrected chi connectivity index (χ2v) is 6.53. The lowest BCUT2D eigenvalue weighted by Crippen LogP contribution is -2.21. The fourth-order valence-electron chi connectivity index (χ4n) is 2.64. The van der Waals surface area contributed by atoms with E-state index in [4.69, 9.17) is 12.2 Å². The highest BCUT2D eigenvalue weighted by molar-refractivity contribution is 7.80. The van der Waals surface area contributed by atoms with Crippen molar-refractivity contribution in [2.24, 2.45) is 0 Å². The second-order valence-electron chi connectivity index (χ2n) is 6.12. The molecule has 0 radical (unpaired) electrons. The minimum atomic E-state index is -0.0392. The van der Waals surface area contributed by atoms with Crippen molar-refractivity contribution in [1.29, 1.82) is 0 Å². The molecule has 0 amide bonds. The highest BCUT2D eigenvalue weighted by atomic mass is 32.1. The molecule has 0 heterocycles. The Morgan fingerprint density at radius 3 is 2.23 bits per heavy atom. The standard InChI is InChI=1S/C22H20N2OS/c1-15-12-13-18(14-16(15)2)23-22(26)24-20-11-7-6-10-19(20)21(25)17-8-4-3-5-9-17/h3-14H,1-2H3,(H2,23,24,26). The van der Waals surface area contributed by atoms with Crippen LogP contribution in [0, 0.1) is 13.8 Å². The third kappa shape index (κ3) is 4.16. The molecule has 0 aliphatic heterocycles. The van der Waals surface area contributed by atoms with Crippen molar-refractivity contribution >= 4 is 34.5 Å². The first-order valence-corrected chi connectivity index (χ1v) is 8.79. The lowest BCUT2D eigenvalue weighted by molar-refractivity contribution is 0.103. The molecule has 0 saturated heterocycles. The molecule has 0 fully saturated rings. The predicted molar refractivity (Wildman–Crippen MR) is 112 cm³/mol. The molecule has 0 atom stereocenters. The van der Waals surface area contributed by atoms with Crippen LogP contribution in [0.15, 0.2) is 72.8 Å². The Labute approximate surface area is 159 Å². The maximum absolute atomic E-state index is 12.8. The highest BCUT2D eigenvalue weighted by Crippen LogP contribution is 2.20. The number of para-hydroxylation sites is 1. The first-order chi connectivity index (χ1) is 12.5. The van der Waals surface area contributed by atoms with Gasteiger partial charge in [0.05, 0.1) is 5.69 Å². The van der Waals surface area contributed by atoms with Crippen molar-refractivity contribution < 1.29 is 4.79 Å². The molecular formula is C22H20N2OS. The van der Waals surface area contributed by atoms with Gasteiger partial charge in [0.1, 0.15) is 0 Å². The van der Waals surface area contributed by atoms with Gasteiger partial charge in [0.2, 0.25) is 0 Å². The fourth-order valence-corrected chi connectivity index (χ4v) is 2.87. The summed E-state index contributed by atoms with van der Waals surface area (Å²) in [7, 11) is 0. The van der Waals surface area contributed by atoms with E-state index in [9.17, 15) is 4.79 Å². The maximum Gasteiger partial charge on any atom is 0.195 e. The summed E-state index contributed by atoms with van der Waals surface area (Å²) in [4.78, 5) is 12.8. The third-order valence-electron chi connectivity index (χ3n) is 4.22. The van der Waals surface area contributed by atoms with Crippen LogP contribution in [0.3, 0.4) is 0 Å². The summed E-state index contributed by atoms with van der Waals surface area (Å²) in [5, 5.41) is 6.76. The summed E-state index contributed by atoms with van der Waals surface area (Å²) in [6.07, 6.45) is 0. The van der Waals surface area contributed by atoms with Crippen LogP contribution >= 0.6 is 12.2 Å².